The lowest BCUT2D eigenvalue weighted by Crippen LogP contribution is -2.41. The first-order chi connectivity index (χ1) is 16.8. The summed E-state index contributed by atoms with van der Waals surface area (Å²) >= 11 is 6.31. The fourth-order valence-corrected chi connectivity index (χ4v) is 4.63. The number of hydrogen-bond donors (Lipinski definition) is 1. The lowest BCUT2D eigenvalue weighted by atomic mass is 9.94. The van der Waals surface area contributed by atoms with Gasteiger partial charge >= 0.3 is 5.97 Å². The van der Waals surface area contributed by atoms with Crippen LogP contribution in [0.15, 0.2) is 46.6 Å². The van der Waals surface area contributed by atoms with Gasteiger partial charge in [0.2, 0.25) is 0 Å². The molecule has 4 rings (SSSR count). The highest BCUT2D eigenvalue weighted by Crippen LogP contribution is 2.37. The molecule has 0 spiro atoms. The van der Waals surface area contributed by atoms with Crippen molar-refractivity contribution in [1.82, 2.24) is 10.2 Å². The SMILES string of the molecule is CCOC(=O)C1=C(CN2CCCCC2)NC(c2c(F)cc(F)cc2F)=NC1c1ccc(F)cc1Cl. The molecule has 186 valence electrons. The Morgan fingerprint density at radius 1 is 1.09 bits per heavy atom. The van der Waals surface area contributed by atoms with Crippen LogP contribution in [0.25, 0.3) is 0 Å². The van der Waals surface area contributed by atoms with E-state index in [1.54, 1.807) is 6.92 Å². The molecule has 0 saturated carbocycles. The van der Waals surface area contributed by atoms with Crippen molar-refractivity contribution in [1.29, 1.82) is 0 Å². The van der Waals surface area contributed by atoms with Crippen LogP contribution in [0, 0.1) is 23.3 Å². The molecule has 2 aliphatic heterocycles. The van der Waals surface area contributed by atoms with Crippen LogP contribution in [-0.4, -0.2) is 42.9 Å². The zero-order valence-electron chi connectivity index (χ0n) is 19.0. The Hall–Kier alpha value is -2.91. The number of esters is 1. The van der Waals surface area contributed by atoms with Gasteiger partial charge in [-0.1, -0.05) is 24.1 Å². The Morgan fingerprint density at radius 3 is 2.40 bits per heavy atom. The molecule has 2 aliphatic rings. The molecule has 0 amide bonds. The van der Waals surface area contributed by atoms with E-state index in [1.807, 2.05) is 0 Å². The Balaban J connectivity index is 1.89. The molecule has 10 heteroatoms. The van der Waals surface area contributed by atoms with E-state index in [2.05, 4.69) is 15.2 Å². The highest BCUT2D eigenvalue weighted by molar-refractivity contribution is 6.31. The second kappa shape index (κ2) is 10.8. The van der Waals surface area contributed by atoms with E-state index in [0.29, 0.717) is 17.8 Å². The molecule has 35 heavy (non-hydrogen) atoms. The molecule has 0 aliphatic carbocycles. The highest BCUT2D eigenvalue weighted by atomic mass is 35.5. The van der Waals surface area contributed by atoms with Gasteiger partial charge in [0.05, 0.1) is 17.7 Å². The zero-order chi connectivity index (χ0) is 25.1. The first kappa shape index (κ1) is 25.2. The second-order valence-electron chi connectivity index (χ2n) is 8.37. The van der Waals surface area contributed by atoms with Crippen molar-refractivity contribution < 1.29 is 27.1 Å². The van der Waals surface area contributed by atoms with Gasteiger partial charge in [0.1, 0.15) is 35.1 Å². The number of carbonyl (C=O) groups is 1. The first-order valence-corrected chi connectivity index (χ1v) is 11.7. The van der Waals surface area contributed by atoms with Gasteiger partial charge in [-0.25, -0.2) is 22.4 Å². The molecular formula is C25H24ClF4N3O2. The van der Waals surface area contributed by atoms with Gasteiger partial charge in [-0.3, -0.25) is 9.89 Å². The zero-order valence-corrected chi connectivity index (χ0v) is 19.8. The number of ether oxygens (including phenoxy) is 1. The standard InChI is InChI=1S/C25H24ClF4N3O2/c1-2-35-25(34)22-20(13-33-8-4-3-5-9-33)31-24(21-18(29)11-15(28)12-19(21)30)32-23(22)16-7-6-14(27)10-17(16)26/h6-7,10-12,23H,2-5,8-9,13H2,1H3,(H,31,32). The summed E-state index contributed by atoms with van der Waals surface area (Å²) in [6.07, 6.45) is 3.02. The Morgan fingerprint density at radius 2 is 1.77 bits per heavy atom. The Kier molecular flexibility index (Phi) is 7.76. The van der Waals surface area contributed by atoms with Gasteiger partial charge in [-0.2, -0.15) is 0 Å². The number of hydrogen-bond acceptors (Lipinski definition) is 5. The summed E-state index contributed by atoms with van der Waals surface area (Å²) in [7, 11) is 0. The van der Waals surface area contributed by atoms with Gasteiger partial charge in [0.15, 0.2) is 0 Å². The molecule has 1 fully saturated rings. The molecule has 1 atom stereocenters. The molecule has 2 aromatic carbocycles. The maximum absolute atomic E-state index is 14.7. The number of carbonyl (C=O) groups excluding carboxylic acids is 1. The molecule has 2 heterocycles. The lowest BCUT2D eigenvalue weighted by Gasteiger charge is -2.33. The molecule has 0 radical (unpaired) electrons. The summed E-state index contributed by atoms with van der Waals surface area (Å²) in [5.74, 6) is -4.90. The molecule has 5 nitrogen and oxygen atoms in total. The summed E-state index contributed by atoms with van der Waals surface area (Å²) in [4.78, 5) is 19.6. The van der Waals surface area contributed by atoms with Crippen molar-refractivity contribution in [2.45, 2.75) is 32.2 Å². The quantitative estimate of drug-likeness (QED) is 0.425. The summed E-state index contributed by atoms with van der Waals surface area (Å²) in [6, 6.07) is 3.56. The van der Waals surface area contributed by atoms with E-state index in [0.717, 1.165) is 44.5 Å². The van der Waals surface area contributed by atoms with E-state index in [-0.39, 0.29) is 35.1 Å². The predicted octanol–water partition coefficient (Wildman–Crippen LogP) is 5.29. The van der Waals surface area contributed by atoms with Crippen LogP contribution in [0.2, 0.25) is 5.02 Å². The van der Waals surface area contributed by atoms with Crippen molar-refractivity contribution in [3.05, 3.63) is 81.0 Å². The molecule has 1 N–H and O–H groups in total. The minimum atomic E-state index is -1.16. The van der Waals surface area contributed by atoms with Crippen LogP contribution < -0.4 is 5.32 Å². The average Bonchev–Trinajstić information content (AvgIpc) is 2.79. The molecule has 0 aromatic heterocycles. The maximum Gasteiger partial charge on any atom is 0.338 e. The molecular weight excluding hydrogens is 486 g/mol. The Bertz CT molecular complexity index is 1170. The van der Waals surface area contributed by atoms with Crippen LogP contribution in [0.3, 0.4) is 0 Å². The highest BCUT2D eigenvalue weighted by Gasteiger charge is 2.35. The molecule has 1 unspecified atom stereocenters. The van der Waals surface area contributed by atoms with E-state index in [4.69, 9.17) is 16.3 Å². The fraction of sp³-hybridized carbons (Fsp3) is 0.360. The number of halogens is 5. The van der Waals surface area contributed by atoms with Gasteiger partial charge in [-0.15, -0.1) is 0 Å². The molecule has 2 aromatic rings. The van der Waals surface area contributed by atoms with Crippen molar-refractivity contribution in [3.63, 3.8) is 0 Å². The van der Waals surface area contributed by atoms with Crippen LogP contribution >= 0.6 is 11.6 Å². The van der Waals surface area contributed by atoms with E-state index < -0.39 is 40.8 Å². The minimum Gasteiger partial charge on any atom is -0.463 e. The number of amidine groups is 1. The number of likely N-dealkylation sites (tertiary alicyclic amines) is 1. The van der Waals surface area contributed by atoms with Crippen molar-refractivity contribution in [3.8, 4) is 0 Å². The number of piperidine rings is 1. The predicted molar refractivity (Wildman–Crippen MR) is 124 cm³/mol. The van der Waals surface area contributed by atoms with Crippen molar-refractivity contribution >= 4 is 23.4 Å². The van der Waals surface area contributed by atoms with E-state index >= 15 is 0 Å². The monoisotopic (exact) mass is 509 g/mol. The van der Waals surface area contributed by atoms with Crippen molar-refractivity contribution in [2.75, 3.05) is 26.2 Å². The van der Waals surface area contributed by atoms with Crippen LogP contribution in [0.1, 0.15) is 43.4 Å². The average molecular weight is 510 g/mol. The van der Waals surface area contributed by atoms with E-state index in [9.17, 15) is 22.4 Å². The summed E-state index contributed by atoms with van der Waals surface area (Å²) in [5, 5.41) is 2.89. The number of nitrogens with zero attached hydrogens (tertiary/aromatic N) is 2. The maximum atomic E-state index is 14.7. The van der Waals surface area contributed by atoms with Gasteiger partial charge < -0.3 is 10.1 Å². The Labute approximate surface area is 205 Å². The number of benzene rings is 2. The third kappa shape index (κ3) is 5.51. The van der Waals surface area contributed by atoms with Crippen molar-refractivity contribution in [2.24, 2.45) is 4.99 Å². The number of nitrogens with one attached hydrogen (secondary N) is 1. The first-order valence-electron chi connectivity index (χ1n) is 11.4. The number of rotatable bonds is 6. The largest absolute Gasteiger partial charge is 0.463 e. The van der Waals surface area contributed by atoms with Crippen LogP contribution in [0.4, 0.5) is 17.6 Å². The van der Waals surface area contributed by atoms with Gasteiger partial charge in [-0.05, 0) is 45.0 Å². The second-order valence-corrected chi connectivity index (χ2v) is 8.77. The molecule has 0 bridgehead atoms. The molecule has 1 saturated heterocycles. The summed E-state index contributed by atoms with van der Waals surface area (Å²) < 4.78 is 62.1. The normalized spacial score (nSPS) is 18.8. The van der Waals surface area contributed by atoms with Gasteiger partial charge in [0, 0.05) is 35.0 Å². The third-order valence-corrected chi connectivity index (χ3v) is 6.28. The third-order valence-electron chi connectivity index (χ3n) is 5.95. The number of aliphatic imine (C=N–C) groups is 1. The lowest BCUT2D eigenvalue weighted by molar-refractivity contribution is -0.139. The van der Waals surface area contributed by atoms with Gasteiger partial charge in [0.25, 0.3) is 0 Å². The minimum absolute atomic E-state index is 0.0147. The summed E-state index contributed by atoms with van der Waals surface area (Å²) in [5.41, 5.74) is 0.129. The topological polar surface area (TPSA) is 53.9 Å². The smallest absolute Gasteiger partial charge is 0.338 e. The summed E-state index contributed by atoms with van der Waals surface area (Å²) in [6.45, 7) is 3.54. The van der Waals surface area contributed by atoms with Crippen LogP contribution in [0.5, 0.6) is 0 Å². The van der Waals surface area contributed by atoms with Crippen LogP contribution in [-0.2, 0) is 9.53 Å². The van der Waals surface area contributed by atoms with E-state index in [1.165, 1.54) is 6.07 Å². The fourth-order valence-electron chi connectivity index (χ4n) is 4.35.